The van der Waals surface area contributed by atoms with Crippen molar-refractivity contribution in [1.82, 2.24) is 5.32 Å². The molecular weight excluding hydrogens is 268 g/mol. The van der Waals surface area contributed by atoms with Gasteiger partial charge in [0.15, 0.2) is 0 Å². The van der Waals surface area contributed by atoms with Crippen LogP contribution in [0.3, 0.4) is 0 Å². The molecule has 3 nitrogen and oxygen atoms in total. The van der Waals surface area contributed by atoms with Gasteiger partial charge in [-0.3, -0.25) is 4.79 Å². The Bertz CT molecular complexity index is 383. The van der Waals surface area contributed by atoms with Crippen LogP contribution in [0.5, 0.6) is 0 Å². The molecule has 4 heteroatoms. The maximum absolute atomic E-state index is 12.1. The lowest BCUT2D eigenvalue weighted by Gasteiger charge is -2.19. The Balaban J connectivity index is 2.28. The zero-order chi connectivity index (χ0) is 14.8. The largest absolute Gasteiger partial charge is 0.356 e. The highest BCUT2D eigenvalue weighted by Crippen LogP contribution is 2.18. The molecule has 20 heavy (non-hydrogen) atoms. The number of benzene rings is 1. The van der Waals surface area contributed by atoms with Crippen LogP contribution in [0.1, 0.15) is 37.8 Å². The molecule has 0 spiro atoms. The molecule has 0 saturated carbocycles. The zero-order valence-corrected chi connectivity index (χ0v) is 13.3. The van der Waals surface area contributed by atoms with Crippen molar-refractivity contribution in [2.24, 2.45) is 11.7 Å². The van der Waals surface area contributed by atoms with Crippen LogP contribution in [0.15, 0.2) is 30.3 Å². The van der Waals surface area contributed by atoms with Crippen LogP contribution in [-0.4, -0.2) is 24.5 Å². The van der Waals surface area contributed by atoms with Gasteiger partial charge >= 0.3 is 0 Å². The number of amides is 1. The van der Waals surface area contributed by atoms with Gasteiger partial charge in [0.25, 0.3) is 0 Å². The summed E-state index contributed by atoms with van der Waals surface area (Å²) in [4.78, 5) is 12.1. The van der Waals surface area contributed by atoms with Crippen molar-refractivity contribution < 1.29 is 4.79 Å². The van der Waals surface area contributed by atoms with Gasteiger partial charge in [-0.1, -0.05) is 43.7 Å². The second kappa shape index (κ2) is 9.83. The molecule has 0 bridgehead atoms. The topological polar surface area (TPSA) is 55.1 Å². The summed E-state index contributed by atoms with van der Waals surface area (Å²) < 4.78 is 0. The van der Waals surface area contributed by atoms with Crippen molar-refractivity contribution in [3.05, 3.63) is 35.9 Å². The van der Waals surface area contributed by atoms with E-state index in [-0.39, 0.29) is 17.9 Å². The third-order valence-electron chi connectivity index (χ3n) is 3.46. The molecule has 1 amide bonds. The molecule has 1 aromatic rings. The minimum Gasteiger partial charge on any atom is -0.356 e. The summed E-state index contributed by atoms with van der Waals surface area (Å²) in [5.41, 5.74) is 7.16. The van der Waals surface area contributed by atoms with E-state index in [2.05, 4.69) is 11.6 Å². The Kier molecular flexibility index (Phi) is 8.38. The molecule has 1 rings (SSSR count). The highest BCUT2D eigenvalue weighted by Gasteiger charge is 2.21. The maximum Gasteiger partial charge on any atom is 0.224 e. The normalized spacial score (nSPS) is 13.8. The van der Waals surface area contributed by atoms with Crippen LogP contribution in [0.2, 0.25) is 0 Å². The van der Waals surface area contributed by atoms with E-state index in [1.165, 1.54) is 18.6 Å². The molecule has 2 atom stereocenters. The molecule has 0 radical (unpaired) electrons. The van der Waals surface area contributed by atoms with Gasteiger partial charge < -0.3 is 11.1 Å². The first-order chi connectivity index (χ1) is 9.66. The van der Waals surface area contributed by atoms with Crippen LogP contribution in [0.4, 0.5) is 0 Å². The van der Waals surface area contributed by atoms with E-state index in [0.717, 1.165) is 18.5 Å². The number of unbranched alkanes of at least 4 members (excludes halogenated alkanes) is 2. The van der Waals surface area contributed by atoms with E-state index in [9.17, 15) is 4.79 Å². The molecule has 0 fully saturated rings. The first kappa shape index (κ1) is 17.1. The number of hydrogen-bond acceptors (Lipinski definition) is 3. The van der Waals surface area contributed by atoms with Crippen molar-refractivity contribution in [1.29, 1.82) is 0 Å². The molecule has 112 valence electrons. The third-order valence-corrected chi connectivity index (χ3v) is 4.16. The Morgan fingerprint density at radius 1 is 1.25 bits per heavy atom. The number of hydrogen-bond donors (Lipinski definition) is 2. The number of carbonyl (C=O) groups is 1. The quantitative estimate of drug-likeness (QED) is 0.688. The lowest BCUT2D eigenvalue weighted by atomic mass is 9.94. The van der Waals surface area contributed by atoms with Gasteiger partial charge in [-0.25, -0.2) is 0 Å². The number of nitrogens with one attached hydrogen (secondary N) is 1. The molecule has 2 unspecified atom stereocenters. The van der Waals surface area contributed by atoms with Crippen molar-refractivity contribution in [3.8, 4) is 0 Å². The SMILES string of the molecule is CSCCCCCNC(=O)C(C)C(N)c1ccccc1. The van der Waals surface area contributed by atoms with Crippen molar-refractivity contribution in [2.75, 3.05) is 18.6 Å². The molecule has 1 aromatic carbocycles. The standard InChI is InChI=1S/C16H26N2OS/c1-13(15(17)14-9-5-3-6-10-14)16(19)18-11-7-4-8-12-20-2/h3,5-6,9-10,13,15H,4,7-8,11-12,17H2,1-2H3,(H,18,19). The molecule has 0 aromatic heterocycles. The van der Waals surface area contributed by atoms with Gasteiger partial charge in [-0.15, -0.1) is 0 Å². The molecule has 0 heterocycles. The lowest BCUT2D eigenvalue weighted by molar-refractivity contribution is -0.125. The predicted molar refractivity (Wildman–Crippen MR) is 87.8 cm³/mol. The number of carbonyl (C=O) groups excluding carboxylic acids is 1. The van der Waals surface area contributed by atoms with E-state index in [4.69, 9.17) is 5.73 Å². The van der Waals surface area contributed by atoms with E-state index in [1.54, 1.807) is 0 Å². The Morgan fingerprint density at radius 2 is 1.95 bits per heavy atom. The zero-order valence-electron chi connectivity index (χ0n) is 12.5. The van der Waals surface area contributed by atoms with Gasteiger partial charge in [0.1, 0.15) is 0 Å². The number of nitrogens with two attached hydrogens (primary N) is 1. The van der Waals surface area contributed by atoms with Gasteiger partial charge in [-0.2, -0.15) is 11.8 Å². The van der Waals surface area contributed by atoms with Crippen LogP contribution in [0.25, 0.3) is 0 Å². The van der Waals surface area contributed by atoms with Crippen LogP contribution >= 0.6 is 11.8 Å². The Morgan fingerprint density at radius 3 is 2.60 bits per heavy atom. The van der Waals surface area contributed by atoms with Gasteiger partial charge in [0.2, 0.25) is 5.91 Å². The summed E-state index contributed by atoms with van der Waals surface area (Å²) >= 11 is 1.87. The van der Waals surface area contributed by atoms with E-state index in [1.807, 2.05) is 49.0 Å². The summed E-state index contributed by atoms with van der Waals surface area (Å²) in [6.45, 7) is 2.64. The monoisotopic (exact) mass is 294 g/mol. The molecule has 0 aliphatic heterocycles. The fourth-order valence-corrected chi connectivity index (χ4v) is 2.54. The van der Waals surface area contributed by atoms with Crippen molar-refractivity contribution in [2.45, 2.75) is 32.2 Å². The third kappa shape index (κ3) is 5.97. The second-order valence-corrected chi connectivity index (χ2v) is 6.06. The van der Waals surface area contributed by atoms with Crippen LogP contribution in [-0.2, 0) is 4.79 Å². The van der Waals surface area contributed by atoms with Gasteiger partial charge in [0, 0.05) is 12.6 Å². The summed E-state index contributed by atoms with van der Waals surface area (Å²) in [5.74, 6) is 1.04. The molecular formula is C16H26N2OS. The van der Waals surface area contributed by atoms with Gasteiger partial charge in [-0.05, 0) is 30.4 Å². The Labute approximate surface area is 126 Å². The first-order valence-electron chi connectivity index (χ1n) is 7.24. The first-order valence-corrected chi connectivity index (χ1v) is 8.63. The predicted octanol–water partition coefficient (Wildman–Crippen LogP) is 2.97. The minimum atomic E-state index is -0.243. The fourth-order valence-electron chi connectivity index (χ4n) is 2.05. The number of thioether (sulfide) groups is 1. The summed E-state index contributed by atoms with van der Waals surface area (Å²) in [6, 6.07) is 9.55. The lowest BCUT2D eigenvalue weighted by Crippen LogP contribution is -2.36. The molecule has 3 N–H and O–H groups in total. The summed E-state index contributed by atoms with van der Waals surface area (Å²) in [6.07, 6.45) is 5.55. The van der Waals surface area contributed by atoms with Crippen LogP contribution < -0.4 is 11.1 Å². The molecule has 0 aliphatic carbocycles. The average molecular weight is 294 g/mol. The fraction of sp³-hybridized carbons (Fsp3) is 0.562. The van der Waals surface area contributed by atoms with Crippen LogP contribution in [0, 0.1) is 5.92 Å². The summed E-state index contributed by atoms with van der Waals surface area (Å²) in [7, 11) is 0. The minimum absolute atomic E-state index is 0.0474. The molecule has 0 aliphatic rings. The van der Waals surface area contributed by atoms with E-state index < -0.39 is 0 Å². The average Bonchev–Trinajstić information content (AvgIpc) is 2.50. The Hall–Kier alpha value is -1.00. The highest BCUT2D eigenvalue weighted by atomic mass is 32.2. The van der Waals surface area contributed by atoms with Crippen molar-refractivity contribution >= 4 is 17.7 Å². The second-order valence-electron chi connectivity index (χ2n) is 5.07. The van der Waals surface area contributed by atoms with Gasteiger partial charge in [0.05, 0.1) is 5.92 Å². The summed E-state index contributed by atoms with van der Waals surface area (Å²) in [5, 5.41) is 2.98. The smallest absolute Gasteiger partial charge is 0.224 e. The highest BCUT2D eigenvalue weighted by molar-refractivity contribution is 7.98. The van der Waals surface area contributed by atoms with Crippen molar-refractivity contribution in [3.63, 3.8) is 0 Å². The van der Waals surface area contributed by atoms with E-state index >= 15 is 0 Å². The van der Waals surface area contributed by atoms with E-state index in [0.29, 0.717) is 0 Å². The number of rotatable bonds is 9. The molecule has 0 saturated heterocycles. The maximum atomic E-state index is 12.1.